The van der Waals surface area contributed by atoms with Gasteiger partial charge in [-0.1, -0.05) is 51.3 Å². The van der Waals surface area contributed by atoms with E-state index in [2.05, 4.69) is 25.2 Å². The van der Waals surface area contributed by atoms with Gasteiger partial charge in [-0.05, 0) is 24.5 Å². The normalized spacial score (nSPS) is 12.2. The van der Waals surface area contributed by atoms with Crippen molar-refractivity contribution >= 4 is 11.6 Å². The van der Waals surface area contributed by atoms with Crippen molar-refractivity contribution in [2.24, 2.45) is 5.73 Å². The number of nitrogens with two attached hydrogens (primary N) is 1. The molecule has 0 aliphatic rings. The van der Waals surface area contributed by atoms with E-state index in [1.165, 1.54) is 5.56 Å². The molecule has 0 aromatic heterocycles. The zero-order valence-electron chi connectivity index (χ0n) is 11.4. The maximum absolute atomic E-state index is 11.9. The number of carbonyl (C=O) groups is 1. The van der Waals surface area contributed by atoms with Crippen LogP contribution >= 0.6 is 0 Å². The summed E-state index contributed by atoms with van der Waals surface area (Å²) in [4.78, 5) is 11.9. The van der Waals surface area contributed by atoms with Gasteiger partial charge in [0.1, 0.15) is 0 Å². The fourth-order valence-electron chi connectivity index (χ4n) is 1.91. The molecule has 1 amide bonds. The van der Waals surface area contributed by atoms with Crippen LogP contribution < -0.4 is 11.1 Å². The second-order valence-corrected chi connectivity index (χ2v) is 4.65. The standard InChI is InChI=1S/C15H24N2O/c1-3-5-10-13(16)15(18)17-14-11-7-6-9-12(14)8-4-2/h6-7,9,11,13H,3-5,8,10,16H2,1-2H3,(H,17,18)/t13-/m0/s1. The van der Waals surface area contributed by atoms with Crippen LogP contribution in [0, 0.1) is 0 Å². The molecule has 1 aromatic rings. The molecule has 0 saturated heterocycles. The van der Waals surface area contributed by atoms with Crippen LogP contribution in [0.4, 0.5) is 5.69 Å². The average Bonchev–Trinajstić information content (AvgIpc) is 2.38. The summed E-state index contributed by atoms with van der Waals surface area (Å²) in [6.45, 7) is 4.23. The number of hydrogen-bond donors (Lipinski definition) is 2. The van der Waals surface area contributed by atoms with Crippen LogP contribution in [0.1, 0.15) is 45.1 Å². The Kier molecular flexibility index (Phi) is 6.44. The van der Waals surface area contributed by atoms with Gasteiger partial charge in [-0.2, -0.15) is 0 Å². The summed E-state index contributed by atoms with van der Waals surface area (Å²) in [6.07, 6.45) is 4.84. The molecule has 0 radical (unpaired) electrons. The molecule has 0 aliphatic heterocycles. The third-order valence-electron chi connectivity index (χ3n) is 3.00. The van der Waals surface area contributed by atoms with Crippen molar-refractivity contribution in [3.05, 3.63) is 29.8 Å². The minimum absolute atomic E-state index is 0.0768. The van der Waals surface area contributed by atoms with Crippen molar-refractivity contribution in [1.82, 2.24) is 0 Å². The molecule has 0 heterocycles. The molecule has 18 heavy (non-hydrogen) atoms. The van der Waals surface area contributed by atoms with Gasteiger partial charge in [-0.15, -0.1) is 0 Å². The summed E-state index contributed by atoms with van der Waals surface area (Å²) >= 11 is 0. The van der Waals surface area contributed by atoms with E-state index in [1.54, 1.807) is 0 Å². The number of anilines is 1. The van der Waals surface area contributed by atoms with Crippen molar-refractivity contribution in [3.63, 3.8) is 0 Å². The highest BCUT2D eigenvalue weighted by atomic mass is 16.2. The lowest BCUT2D eigenvalue weighted by Crippen LogP contribution is -2.35. The molecule has 0 aliphatic carbocycles. The van der Waals surface area contributed by atoms with Crippen molar-refractivity contribution < 1.29 is 4.79 Å². The Morgan fingerprint density at radius 1 is 1.28 bits per heavy atom. The van der Waals surface area contributed by atoms with E-state index in [0.717, 1.165) is 37.8 Å². The summed E-state index contributed by atoms with van der Waals surface area (Å²) < 4.78 is 0. The van der Waals surface area contributed by atoms with E-state index in [-0.39, 0.29) is 5.91 Å². The van der Waals surface area contributed by atoms with Gasteiger partial charge in [0, 0.05) is 5.69 Å². The number of aryl methyl sites for hydroxylation is 1. The topological polar surface area (TPSA) is 55.1 Å². The first kappa shape index (κ1) is 14.7. The lowest BCUT2D eigenvalue weighted by atomic mass is 10.1. The van der Waals surface area contributed by atoms with Gasteiger partial charge in [0.05, 0.1) is 6.04 Å². The highest BCUT2D eigenvalue weighted by Crippen LogP contribution is 2.17. The van der Waals surface area contributed by atoms with Crippen molar-refractivity contribution in [3.8, 4) is 0 Å². The number of benzene rings is 1. The first-order valence-electron chi connectivity index (χ1n) is 6.83. The molecular formula is C15H24N2O. The summed E-state index contributed by atoms with van der Waals surface area (Å²) in [7, 11) is 0. The lowest BCUT2D eigenvalue weighted by molar-refractivity contribution is -0.117. The molecule has 0 unspecified atom stereocenters. The van der Waals surface area contributed by atoms with Crippen LogP contribution in [-0.4, -0.2) is 11.9 Å². The monoisotopic (exact) mass is 248 g/mol. The van der Waals surface area contributed by atoms with Crippen molar-refractivity contribution in [1.29, 1.82) is 0 Å². The highest BCUT2D eigenvalue weighted by molar-refractivity contribution is 5.95. The molecule has 1 rings (SSSR count). The van der Waals surface area contributed by atoms with E-state index < -0.39 is 6.04 Å². The predicted octanol–water partition coefficient (Wildman–Crippen LogP) is 3.10. The predicted molar refractivity (Wildman–Crippen MR) is 76.6 cm³/mol. The maximum Gasteiger partial charge on any atom is 0.241 e. The largest absolute Gasteiger partial charge is 0.324 e. The van der Waals surface area contributed by atoms with Gasteiger partial charge in [0.15, 0.2) is 0 Å². The summed E-state index contributed by atoms with van der Waals surface area (Å²) in [5.74, 6) is -0.0768. The SMILES string of the molecule is CCCC[C@H](N)C(=O)Nc1ccccc1CCC. The minimum atomic E-state index is -0.403. The zero-order valence-corrected chi connectivity index (χ0v) is 11.4. The van der Waals surface area contributed by atoms with Crippen LogP contribution in [0.15, 0.2) is 24.3 Å². The molecule has 1 aromatic carbocycles. The van der Waals surface area contributed by atoms with Gasteiger partial charge in [-0.25, -0.2) is 0 Å². The first-order valence-corrected chi connectivity index (χ1v) is 6.83. The Morgan fingerprint density at radius 3 is 2.67 bits per heavy atom. The molecule has 3 heteroatoms. The van der Waals surface area contributed by atoms with E-state index in [4.69, 9.17) is 5.73 Å². The molecule has 0 bridgehead atoms. The smallest absolute Gasteiger partial charge is 0.241 e. The zero-order chi connectivity index (χ0) is 13.4. The summed E-state index contributed by atoms with van der Waals surface area (Å²) in [5.41, 5.74) is 7.94. The second-order valence-electron chi connectivity index (χ2n) is 4.65. The van der Waals surface area contributed by atoms with E-state index in [0.29, 0.717) is 0 Å². The van der Waals surface area contributed by atoms with E-state index >= 15 is 0 Å². The fourth-order valence-corrected chi connectivity index (χ4v) is 1.91. The number of hydrogen-bond acceptors (Lipinski definition) is 2. The van der Waals surface area contributed by atoms with Gasteiger partial charge in [-0.3, -0.25) is 4.79 Å². The van der Waals surface area contributed by atoms with Gasteiger partial charge < -0.3 is 11.1 Å². The van der Waals surface area contributed by atoms with Crippen LogP contribution in [0.3, 0.4) is 0 Å². The second kappa shape index (κ2) is 7.88. The van der Waals surface area contributed by atoms with Crippen LogP contribution in [0.5, 0.6) is 0 Å². The third kappa shape index (κ3) is 4.49. The van der Waals surface area contributed by atoms with Crippen molar-refractivity contribution in [2.75, 3.05) is 5.32 Å². The first-order chi connectivity index (χ1) is 8.69. The van der Waals surface area contributed by atoms with Gasteiger partial charge >= 0.3 is 0 Å². The number of amides is 1. The summed E-state index contributed by atoms with van der Waals surface area (Å²) in [5, 5.41) is 2.94. The number of carbonyl (C=O) groups excluding carboxylic acids is 1. The number of para-hydroxylation sites is 1. The van der Waals surface area contributed by atoms with Gasteiger partial charge in [0.25, 0.3) is 0 Å². The maximum atomic E-state index is 11.9. The summed E-state index contributed by atoms with van der Waals surface area (Å²) in [6, 6.07) is 7.52. The molecule has 1 atom stereocenters. The number of rotatable bonds is 7. The lowest BCUT2D eigenvalue weighted by Gasteiger charge is -2.14. The average molecular weight is 248 g/mol. The number of nitrogens with one attached hydrogen (secondary N) is 1. The van der Waals surface area contributed by atoms with E-state index in [9.17, 15) is 4.79 Å². The molecule has 3 N–H and O–H groups in total. The Morgan fingerprint density at radius 2 is 2.00 bits per heavy atom. The fraction of sp³-hybridized carbons (Fsp3) is 0.533. The molecule has 0 fully saturated rings. The van der Waals surface area contributed by atoms with Crippen LogP contribution in [-0.2, 0) is 11.2 Å². The minimum Gasteiger partial charge on any atom is -0.324 e. The molecule has 0 spiro atoms. The Labute approximate surface area is 110 Å². The van der Waals surface area contributed by atoms with Gasteiger partial charge in [0.2, 0.25) is 5.91 Å². The quantitative estimate of drug-likeness (QED) is 0.779. The Hall–Kier alpha value is -1.35. The molecular weight excluding hydrogens is 224 g/mol. The Bertz CT molecular complexity index is 377. The molecule has 3 nitrogen and oxygen atoms in total. The Balaban J connectivity index is 2.63. The highest BCUT2D eigenvalue weighted by Gasteiger charge is 2.13. The molecule has 100 valence electrons. The van der Waals surface area contributed by atoms with Crippen molar-refractivity contribution in [2.45, 2.75) is 52.0 Å². The van der Waals surface area contributed by atoms with E-state index in [1.807, 2.05) is 18.2 Å². The van der Waals surface area contributed by atoms with Crippen LogP contribution in [0.25, 0.3) is 0 Å². The third-order valence-corrected chi connectivity index (χ3v) is 3.00. The number of unbranched alkanes of at least 4 members (excludes halogenated alkanes) is 1. The molecule has 0 saturated carbocycles. The van der Waals surface area contributed by atoms with Crippen LogP contribution in [0.2, 0.25) is 0 Å².